The van der Waals surface area contributed by atoms with Gasteiger partial charge in [-0.05, 0) is 42.7 Å². The Hall–Kier alpha value is -2.07. The van der Waals surface area contributed by atoms with Gasteiger partial charge >= 0.3 is 0 Å². The summed E-state index contributed by atoms with van der Waals surface area (Å²) >= 11 is 6.16. The van der Waals surface area contributed by atoms with Crippen LogP contribution in [0.4, 0.5) is 5.69 Å². The van der Waals surface area contributed by atoms with Crippen molar-refractivity contribution in [1.82, 2.24) is 9.88 Å². The van der Waals surface area contributed by atoms with Crippen molar-refractivity contribution in [2.24, 2.45) is 0 Å². The molecule has 2 aromatic rings. The van der Waals surface area contributed by atoms with Gasteiger partial charge in [0.1, 0.15) is 0 Å². The second-order valence-corrected chi connectivity index (χ2v) is 5.67. The van der Waals surface area contributed by atoms with Crippen molar-refractivity contribution in [3.05, 3.63) is 58.9 Å². The molecule has 1 aliphatic rings. The number of anilines is 1. The number of amides is 1. The summed E-state index contributed by atoms with van der Waals surface area (Å²) in [7, 11) is 0. The normalized spacial score (nSPS) is 14.0. The minimum Gasteiger partial charge on any atom is -0.399 e. The zero-order valence-electron chi connectivity index (χ0n) is 11.5. The van der Waals surface area contributed by atoms with E-state index in [9.17, 15) is 4.79 Å². The molecular formula is C16H16ClN3O. The second-order valence-electron chi connectivity index (χ2n) is 5.26. The van der Waals surface area contributed by atoms with Gasteiger partial charge in [-0.15, -0.1) is 0 Å². The molecule has 1 fully saturated rings. The van der Waals surface area contributed by atoms with Crippen molar-refractivity contribution in [2.75, 3.05) is 5.73 Å². The molecule has 21 heavy (non-hydrogen) atoms. The number of nitrogens with zero attached hydrogens (tertiary/aromatic N) is 2. The molecule has 108 valence electrons. The summed E-state index contributed by atoms with van der Waals surface area (Å²) in [4.78, 5) is 18.7. The first-order chi connectivity index (χ1) is 10.1. The van der Waals surface area contributed by atoms with Gasteiger partial charge in [0.2, 0.25) is 0 Å². The Morgan fingerprint density at radius 2 is 2.19 bits per heavy atom. The smallest absolute Gasteiger partial charge is 0.255 e. The van der Waals surface area contributed by atoms with Gasteiger partial charge in [0.05, 0.1) is 10.6 Å². The molecule has 0 unspecified atom stereocenters. The average molecular weight is 302 g/mol. The number of nitrogen functional groups attached to an aromatic ring is 1. The van der Waals surface area contributed by atoms with E-state index >= 15 is 0 Å². The molecule has 1 amide bonds. The minimum atomic E-state index is -0.0497. The number of carbonyl (C=O) groups is 1. The molecule has 1 saturated carbocycles. The third kappa shape index (κ3) is 3.16. The Kier molecular flexibility index (Phi) is 3.80. The number of halogens is 1. The van der Waals surface area contributed by atoms with Crippen LogP contribution in [-0.4, -0.2) is 21.8 Å². The molecule has 1 aromatic heterocycles. The van der Waals surface area contributed by atoms with Gasteiger partial charge < -0.3 is 10.6 Å². The standard InChI is InChI=1S/C16H16ClN3O/c17-15-8-12(18)3-6-14(15)16(21)20(13-4-5-13)10-11-2-1-7-19-9-11/h1-3,6-9,13H,4-5,10,18H2. The number of pyridine rings is 1. The fourth-order valence-corrected chi connectivity index (χ4v) is 2.57. The molecule has 5 heteroatoms. The van der Waals surface area contributed by atoms with Crippen molar-refractivity contribution >= 4 is 23.2 Å². The van der Waals surface area contributed by atoms with Gasteiger partial charge in [0.25, 0.3) is 5.91 Å². The number of hydrogen-bond donors (Lipinski definition) is 1. The Labute approximate surface area is 128 Å². The Morgan fingerprint density at radius 1 is 1.38 bits per heavy atom. The van der Waals surface area contributed by atoms with Crippen molar-refractivity contribution in [3.63, 3.8) is 0 Å². The largest absolute Gasteiger partial charge is 0.399 e. The Morgan fingerprint density at radius 3 is 2.81 bits per heavy atom. The minimum absolute atomic E-state index is 0.0497. The highest BCUT2D eigenvalue weighted by atomic mass is 35.5. The van der Waals surface area contributed by atoms with Crippen molar-refractivity contribution < 1.29 is 4.79 Å². The molecule has 1 aliphatic carbocycles. The number of nitrogens with two attached hydrogens (primary N) is 1. The summed E-state index contributed by atoms with van der Waals surface area (Å²) in [5, 5.41) is 0.400. The first kappa shape index (κ1) is 13.9. The third-order valence-electron chi connectivity index (χ3n) is 3.55. The van der Waals surface area contributed by atoms with Gasteiger partial charge in [0, 0.05) is 30.7 Å². The lowest BCUT2D eigenvalue weighted by Gasteiger charge is -2.23. The Balaban J connectivity index is 1.85. The molecule has 3 rings (SSSR count). The van der Waals surface area contributed by atoms with E-state index in [0.29, 0.717) is 28.9 Å². The maximum Gasteiger partial charge on any atom is 0.255 e. The SMILES string of the molecule is Nc1ccc(C(=O)N(Cc2cccnc2)C2CC2)c(Cl)c1. The number of hydrogen-bond acceptors (Lipinski definition) is 3. The molecule has 0 bridgehead atoms. The fraction of sp³-hybridized carbons (Fsp3) is 0.250. The van der Waals surface area contributed by atoms with Gasteiger partial charge in [0.15, 0.2) is 0 Å². The van der Waals surface area contributed by atoms with E-state index in [1.54, 1.807) is 30.6 Å². The molecule has 1 heterocycles. The zero-order chi connectivity index (χ0) is 14.8. The molecule has 0 radical (unpaired) electrons. The van der Waals surface area contributed by atoms with E-state index in [-0.39, 0.29) is 5.91 Å². The number of benzene rings is 1. The fourth-order valence-electron chi connectivity index (χ4n) is 2.30. The van der Waals surface area contributed by atoms with Crippen LogP contribution in [0.5, 0.6) is 0 Å². The summed E-state index contributed by atoms with van der Waals surface area (Å²) in [6.07, 6.45) is 5.59. The molecule has 2 N–H and O–H groups in total. The van der Waals surface area contributed by atoms with E-state index in [1.807, 2.05) is 17.0 Å². The zero-order valence-corrected chi connectivity index (χ0v) is 12.3. The third-order valence-corrected chi connectivity index (χ3v) is 3.86. The van der Waals surface area contributed by atoms with Crippen molar-refractivity contribution in [3.8, 4) is 0 Å². The van der Waals surface area contributed by atoms with Crippen molar-refractivity contribution in [1.29, 1.82) is 0 Å². The lowest BCUT2D eigenvalue weighted by molar-refractivity contribution is 0.0730. The van der Waals surface area contributed by atoms with Crippen LogP contribution in [0.2, 0.25) is 5.02 Å². The quantitative estimate of drug-likeness (QED) is 0.883. The second kappa shape index (κ2) is 5.74. The topological polar surface area (TPSA) is 59.2 Å². The highest BCUT2D eigenvalue weighted by Crippen LogP contribution is 2.31. The van der Waals surface area contributed by atoms with Crippen LogP contribution in [0.25, 0.3) is 0 Å². The number of rotatable bonds is 4. The monoisotopic (exact) mass is 301 g/mol. The first-order valence-corrected chi connectivity index (χ1v) is 7.28. The highest BCUT2D eigenvalue weighted by molar-refractivity contribution is 6.34. The lowest BCUT2D eigenvalue weighted by Crippen LogP contribution is -2.32. The van der Waals surface area contributed by atoms with E-state index < -0.39 is 0 Å². The highest BCUT2D eigenvalue weighted by Gasteiger charge is 2.33. The molecule has 0 saturated heterocycles. The van der Waals surface area contributed by atoms with Crippen molar-refractivity contribution in [2.45, 2.75) is 25.4 Å². The number of carbonyl (C=O) groups excluding carboxylic acids is 1. The summed E-state index contributed by atoms with van der Waals surface area (Å²) in [5.74, 6) is -0.0497. The first-order valence-electron chi connectivity index (χ1n) is 6.90. The van der Waals surface area contributed by atoms with Gasteiger partial charge in [-0.2, -0.15) is 0 Å². The summed E-state index contributed by atoms with van der Waals surface area (Å²) in [6, 6.07) is 9.16. The van der Waals surface area contributed by atoms with Crippen LogP contribution < -0.4 is 5.73 Å². The molecule has 0 aliphatic heterocycles. The van der Waals surface area contributed by atoms with Crippen LogP contribution in [0.1, 0.15) is 28.8 Å². The Bertz CT molecular complexity index is 656. The molecule has 0 spiro atoms. The summed E-state index contributed by atoms with van der Waals surface area (Å²) in [6.45, 7) is 0.554. The lowest BCUT2D eigenvalue weighted by atomic mass is 10.1. The van der Waals surface area contributed by atoms with Crippen LogP contribution in [0.15, 0.2) is 42.7 Å². The molecule has 1 aromatic carbocycles. The van der Waals surface area contributed by atoms with E-state index in [0.717, 1.165) is 18.4 Å². The molecular weight excluding hydrogens is 286 g/mol. The molecule has 4 nitrogen and oxygen atoms in total. The molecule has 0 atom stereocenters. The summed E-state index contributed by atoms with van der Waals surface area (Å²) < 4.78 is 0. The predicted octanol–water partition coefficient (Wildman–Crippen LogP) is 3.12. The average Bonchev–Trinajstić information content (AvgIpc) is 3.30. The van der Waals surface area contributed by atoms with Gasteiger partial charge in [-0.3, -0.25) is 9.78 Å². The summed E-state index contributed by atoms with van der Waals surface area (Å²) in [5.41, 5.74) is 7.76. The van der Waals surface area contributed by atoms with E-state index in [4.69, 9.17) is 17.3 Å². The van der Waals surface area contributed by atoms with Gasteiger partial charge in [-0.1, -0.05) is 17.7 Å². The maximum absolute atomic E-state index is 12.7. The van der Waals surface area contributed by atoms with E-state index in [2.05, 4.69) is 4.98 Å². The van der Waals surface area contributed by atoms with Crippen LogP contribution in [0.3, 0.4) is 0 Å². The predicted molar refractivity (Wildman–Crippen MR) is 83.0 cm³/mol. The van der Waals surface area contributed by atoms with Crippen LogP contribution in [0, 0.1) is 0 Å². The maximum atomic E-state index is 12.7. The van der Waals surface area contributed by atoms with Crippen LogP contribution >= 0.6 is 11.6 Å². The van der Waals surface area contributed by atoms with Gasteiger partial charge in [-0.25, -0.2) is 0 Å². The van der Waals surface area contributed by atoms with E-state index in [1.165, 1.54) is 0 Å². The number of aromatic nitrogens is 1. The van der Waals surface area contributed by atoms with Crippen LogP contribution in [-0.2, 0) is 6.54 Å².